The van der Waals surface area contributed by atoms with Crippen LogP contribution < -0.4 is 5.32 Å². The summed E-state index contributed by atoms with van der Waals surface area (Å²) in [5, 5.41) is 14.0. The van der Waals surface area contributed by atoms with Crippen LogP contribution in [0.5, 0.6) is 0 Å². The van der Waals surface area contributed by atoms with E-state index in [1.54, 1.807) is 13.0 Å². The molecule has 1 aromatic heterocycles. The van der Waals surface area contributed by atoms with E-state index in [0.717, 1.165) is 11.1 Å². The first-order valence-corrected chi connectivity index (χ1v) is 9.08. The molecule has 1 N–H and O–H groups in total. The van der Waals surface area contributed by atoms with Gasteiger partial charge in [0, 0.05) is 0 Å². The minimum absolute atomic E-state index is 0.114. The van der Waals surface area contributed by atoms with Crippen LogP contribution in [0.2, 0.25) is 0 Å². The molecule has 0 saturated carbocycles. The van der Waals surface area contributed by atoms with Gasteiger partial charge in [-0.15, -0.1) is 5.10 Å². The van der Waals surface area contributed by atoms with Crippen LogP contribution in [0.3, 0.4) is 0 Å². The molecule has 8 nitrogen and oxygen atoms in total. The standard InChI is InChI=1S/C21H21N5O3/c1-15(18-11-7-4-8-12-18)22-20(27)14-29-21(28)19(26-16(2)23-24-25-26)13-17-9-5-3-6-10-17/h3-13,15H,14H2,1-2H3,(H,22,27)/b19-13-/t15-/m1/s1. The van der Waals surface area contributed by atoms with E-state index < -0.39 is 18.5 Å². The van der Waals surface area contributed by atoms with E-state index in [9.17, 15) is 9.59 Å². The maximum Gasteiger partial charge on any atom is 0.357 e. The lowest BCUT2D eigenvalue weighted by molar-refractivity contribution is -0.143. The van der Waals surface area contributed by atoms with Crippen molar-refractivity contribution in [1.29, 1.82) is 0 Å². The van der Waals surface area contributed by atoms with Crippen molar-refractivity contribution in [3.63, 3.8) is 0 Å². The summed E-state index contributed by atoms with van der Waals surface area (Å²) in [6.45, 7) is 3.11. The third kappa shape index (κ3) is 5.35. The number of benzene rings is 2. The van der Waals surface area contributed by atoms with Crippen LogP contribution in [0.4, 0.5) is 0 Å². The first kappa shape index (κ1) is 19.9. The van der Waals surface area contributed by atoms with Crippen LogP contribution in [0.25, 0.3) is 11.8 Å². The van der Waals surface area contributed by atoms with Crippen LogP contribution in [-0.4, -0.2) is 38.7 Å². The van der Waals surface area contributed by atoms with E-state index in [1.807, 2.05) is 67.6 Å². The molecule has 0 saturated heterocycles. The number of carbonyl (C=O) groups excluding carboxylic acids is 2. The van der Waals surface area contributed by atoms with Gasteiger partial charge in [-0.2, -0.15) is 4.68 Å². The maximum atomic E-state index is 12.7. The zero-order valence-corrected chi connectivity index (χ0v) is 16.1. The number of carbonyl (C=O) groups is 2. The van der Waals surface area contributed by atoms with Gasteiger partial charge in [-0.05, 0) is 41.5 Å². The Hall–Kier alpha value is -3.81. The van der Waals surface area contributed by atoms with Gasteiger partial charge >= 0.3 is 5.97 Å². The molecule has 1 heterocycles. The first-order chi connectivity index (χ1) is 14.0. The van der Waals surface area contributed by atoms with Crippen LogP contribution in [0.15, 0.2) is 60.7 Å². The van der Waals surface area contributed by atoms with Gasteiger partial charge in [-0.3, -0.25) is 4.79 Å². The number of hydrogen-bond donors (Lipinski definition) is 1. The molecule has 0 fully saturated rings. The summed E-state index contributed by atoms with van der Waals surface area (Å²) in [4.78, 5) is 24.9. The molecule has 0 aliphatic heterocycles. The third-order valence-electron chi connectivity index (χ3n) is 4.18. The number of aromatic nitrogens is 4. The lowest BCUT2D eigenvalue weighted by Gasteiger charge is -2.14. The highest BCUT2D eigenvalue weighted by Gasteiger charge is 2.19. The number of nitrogens with zero attached hydrogens (tertiary/aromatic N) is 4. The fourth-order valence-corrected chi connectivity index (χ4v) is 2.68. The van der Waals surface area contributed by atoms with Crippen LogP contribution in [0, 0.1) is 6.92 Å². The smallest absolute Gasteiger partial charge is 0.357 e. The fraction of sp³-hybridized carbons (Fsp3) is 0.190. The molecule has 0 aliphatic carbocycles. The van der Waals surface area contributed by atoms with Gasteiger partial charge in [0.15, 0.2) is 18.1 Å². The average molecular weight is 391 g/mol. The van der Waals surface area contributed by atoms with Gasteiger partial charge in [-0.25, -0.2) is 4.79 Å². The largest absolute Gasteiger partial charge is 0.451 e. The van der Waals surface area contributed by atoms with Gasteiger partial charge in [0.25, 0.3) is 5.91 Å². The van der Waals surface area contributed by atoms with E-state index in [1.165, 1.54) is 4.68 Å². The van der Waals surface area contributed by atoms with Crippen molar-refractivity contribution >= 4 is 23.6 Å². The van der Waals surface area contributed by atoms with E-state index in [-0.39, 0.29) is 11.7 Å². The van der Waals surface area contributed by atoms with E-state index >= 15 is 0 Å². The highest BCUT2D eigenvalue weighted by atomic mass is 16.5. The molecule has 0 spiro atoms. The Morgan fingerprint density at radius 2 is 1.76 bits per heavy atom. The molecule has 0 radical (unpaired) electrons. The lowest BCUT2D eigenvalue weighted by Crippen LogP contribution is -2.31. The highest BCUT2D eigenvalue weighted by Crippen LogP contribution is 2.14. The number of ether oxygens (including phenoxy) is 1. The number of nitrogens with one attached hydrogen (secondary N) is 1. The maximum absolute atomic E-state index is 12.7. The topological polar surface area (TPSA) is 99.0 Å². The van der Waals surface area contributed by atoms with E-state index in [2.05, 4.69) is 20.8 Å². The van der Waals surface area contributed by atoms with Gasteiger partial charge in [0.1, 0.15) is 0 Å². The predicted molar refractivity (Wildman–Crippen MR) is 107 cm³/mol. The number of amides is 1. The molecule has 0 bridgehead atoms. The Morgan fingerprint density at radius 3 is 2.38 bits per heavy atom. The summed E-state index contributed by atoms with van der Waals surface area (Å²) in [7, 11) is 0. The normalized spacial score (nSPS) is 12.3. The second kappa shape index (κ2) is 9.41. The number of tetrazole rings is 1. The molecule has 1 atom stereocenters. The highest BCUT2D eigenvalue weighted by molar-refractivity contribution is 6.15. The van der Waals surface area contributed by atoms with E-state index in [0.29, 0.717) is 5.82 Å². The fourth-order valence-electron chi connectivity index (χ4n) is 2.68. The van der Waals surface area contributed by atoms with Crippen molar-refractivity contribution in [3.05, 3.63) is 77.6 Å². The minimum Gasteiger partial charge on any atom is -0.451 e. The molecule has 0 aliphatic rings. The van der Waals surface area contributed by atoms with Crippen LogP contribution in [-0.2, 0) is 14.3 Å². The average Bonchev–Trinajstić information content (AvgIpc) is 3.17. The molecule has 8 heteroatoms. The number of hydrogen-bond acceptors (Lipinski definition) is 6. The zero-order valence-electron chi connectivity index (χ0n) is 16.1. The Morgan fingerprint density at radius 1 is 1.10 bits per heavy atom. The first-order valence-electron chi connectivity index (χ1n) is 9.08. The summed E-state index contributed by atoms with van der Waals surface area (Å²) in [6.07, 6.45) is 1.61. The molecule has 29 heavy (non-hydrogen) atoms. The minimum atomic E-state index is -0.702. The predicted octanol–water partition coefficient (Wildman–Crippen LogP) is 2.40. The second-order valence-electron chi connectivity index (χ2n) is 6.35. The molecular formula is C21H21N5O3. The Bertz CT molecular complexity index is 999. The number of rotatable bonds is 7. The van der Waals surface area contributed by atoms with Crippen molar-refractivity contribution in [3.8, 4) is 0 Å². The van der Waals surface area contributed by atoms with Crippen molar-refractivity contribution in [1.82, 2.24) is 25.5 Å². The van der Waals surface area contributed by atoms with Crippen molar-refractivity contribution in [2.24, 2.45) is 0 Å². The SMILES string of the molecule is Cc1nnnn1/C(=C\c1ccccc1)C(=O)OCC(=O)N[C@H](C)c1ccccc1. The molecule has 2 aromatic carbocycles. The summed E-state index contributed by atoms with van der Waals surface area (Å²) in [6, 6.07) is 18.6. The van der Waals surface area contributed by atoms with Crippen molar-refractivity contribution in [2.75, 3.05) is 6.61 Å². The van der Waals surface area contributed by atoms with E-state index in [4.69, 9.17) is 4.74 Å². The second-order valence-corrected chi connectivity index (χ2v) is 6.35. The Balaban J connectivity index is 1.68. The third-order valence-corrected chi connectivity index (χ3v) is 4.18. The number of aryl methyl sites for hydroxylation is 1. The lowest BCUT2D eigenvalue weighted by atomic mass is 10.1. The zero-order chi connectivity index (χ0) is 20.6. The Kier molecular flexibility index (Phi) is 6.47. The van der Waals surface area contributed by atoms with Gasteiger partial charge in [0.2, 0.25) is 0 Å². The molecule has 3 rings (SSSR count). The summed E-state index contributed by atoms with van der Waals surface area (Å²) in [5.41, 5.74) is 1.85. The van der Waals surface area contributed by atoms with Crippen LogP contribution in [0.1, 0.15) is 29.9 Å². The summed E-state index contributed by atoms with van der Waals surface area (Å²) in [5.74, 6) is -0.680. The van der Waals surface area contributed by atoms with Crippen molar-refractivity contribution < 1.29 is 14.3 Å². The van der Waals surface area contributed by atoms with Crippen LogP contribution >= 0.6 is 0 Å². The monoisotopic (exact) mass is 391 g/mol. The summed E-state index contributed by atoms with van der Waals surface area (Å²) < 4.78 is 6.50. The summed E-state index contributed by atoms with van der Waals surface area (Å²) >= 11 is 0. The molecular weight excluding hydrogens is 370 g/mol. The van der Waals surface area contributed by atoms with Gasteiger partial charge in [0.05, 0.1) is 6.04 Å². The molecule has 0 unspecified atom stereocenters. The van der Waals surface area contributed by atoms with Gasteiger partial charge in [-0.1, -0.05) is 60.7 Å². The molecule has 148 valence electrons. The van der Waals surface area contributed by atoms with Gasteiger partial charge < -0.3 is 10.1 Å². The quantitative estimate of drug-likeness (QED) is 0.490. The molecule has 3 aromatic rings. The number of esters is 1. The Labute approximate surface area is 168 Å². The molecule has 1 amide bonds. The van der Waals surface area contributed by atoms with Crippen molar-refractivity contribution in [2.45, 2.75) is 19.9 Å².